The fraction of sp³-hybridized carbons (Fsp3) is 0.361. The van der Waals surface area contributed by atoms with Gasteiger partial charge in [-0.1, -0.05) is 106 Å². The van der Waals surface area contributed by atoms with Crippen molar-refractivity contribution < 1.29 is 9.59 Å². The predicted octanol–water partition coefficient (Wildman–Crippen LogP) is 9.63. The van der Waals surface area contributed by atoms with Gasteiger partial charge in [-0.05, 0) is 56.7 Å². The van der Waals surface area contributed by atoms with Crippen LogP contribution in [-0.2, 0) is 4.79 Å². The van der Waals surface area contributed by atoms with E-state index in [9.17, 15) is 9.59 Å². The van der Waals surface area contributed by atoms with E-state index in [4.69, 9.17) is 4.98 Å². The van der Waals surface area contributed by atoms with Gasteiger partial charge < -0.3 is 10.6 Å². The van der Waals surface area contributed by atoms with Crippen molar-refractivity contribution in [3.63, 3.8) is 0 Å². The molecule has 41 heavy (non-hydrogen) atoms. The summed E-state index contributed by atoms with van der Waals surface area (Å²) in [5.74, 6) is -0.204. The maximum absolute atomic E-state index is 13.6. The number of pyridine rings is 1. The molecule has 0 aliphatic carbocycles. The summed E-state index contributed by atoms with van der Waals surface area (Å²) in [5, 5.41) is 6.84. The number of amides is 2. The minimum absolute atomic E-state index is 0.00904. The molecule has 2 amide bonds. The molecule has 1 aromatic heterocycles. The van der Waals surface area contributed by atoms with Gasteiger partial charge in [0.1, 0.15) is 0 Å². The van der Waals surface area contributed by atoms with Crippen LogP contribution in [0.1, 0.15) is 92.6 Å². The van der Waals surface area contributed by atoms with Crippen LogP contribution in [0.2, 0.25) is 0 Å². The number of unbranched alkanes of at least 4 members (excludes halogenated alkanes) is 8. The summed E-state index contributed by atoms with van der Waals surface area (Å²) >= 11 is 0. The molecule has 0 bridgehead atoms. The average Bonchev–Trinajstić information content (AvgIpc) is 2.96. The Kier molecular flexibility index (Phi) is 11.1. The van der Waals surface area contributed by atoms with Gasteiger partial charge in [0.25, 0.3) is 5.91 Å². The van der Waals surface area contributed by atoms with Crippen LogP contribution in [0.5, 0.6) is 0 Å². The maximum Gasteiger partial charge on any atom is 0.256 e. The minimum atomic E-state index is -0.213. The van der Waals surface area contributed by atoms with Gasteiger partial charge in [-0.25, -0.2) is 4.98 Å². The molecule has 4 rings (SSSR count). The summed E-state index contributed by atoms with van der Waals surface area (Å²) in [4.78, 5) is 31.0. The van der Waals surface area contributed by atoms with Crippen molar-refractivity contribution in [3.05, 3.63) is 89.5 Å². The maximum atomic E-state index is 13.6. The third kappa shape index (κ3) is 9.01. The Bertz CT molecular complexity index is 1460. The molecule has 0 aliphatic rings. The monoisotopic (exact) mass is 549 g/mol. The topological polar surface area (TPSA) is 71.1 Å². The SMILES string of the molecule is CCCCCCCCCCCC(=O)Nc1cccc(NC(=O)c2cc(-c3ccc(C)cc3)nc3ccc(C)cc23)c1. The summed E-state index contributed by atoms with van der Waals surface area (Å²) in [6, 6.07) is 23.3. The lowest BCUT2D eigenvalue weighted by Gasteiger charge is -2.12. The number of carbonyl (C=O) groups is 2. The van der Waals surface area contributed by atoms with Gasteiger partial charge in [0.2, 0.25) is 5.91 Å². The van der Waals surface area contributed by atoms with Crippen LogP contribution in [0.15, 0.2) is 72.8 Å². The molecule has 0 unspecified atom stereocenters. The van der Waals surface area contributed by atoms with Crippen LogP contribution < -0.4 is 10.6 Å². The fourth-order valence-corrected chi connectivity index (χ4v) is 5.09. The van der Waals surface area contributed by atoms with Gasteiger partial charge in [-0.15, -0.1) is 0 Å². The zero-order valence-corrected chi connectivity index (χ0v) is 24.8. The van der Waals surface area contributed by atoms with E-state index in [1.54, 1.807) is 0 Å². The number of anilines is 2. The van der Waals surface area contributed by atoms with Crippen LogP contribution in [-0.4, -0.2) is 16.8 Å². The van der Waals surface area contributed by atoms with Gasteiger partial charge in [0, 0.05) is 28.7 Å². The molecule has 0 spiro atoms. The normalized spacial score (nSPS) is 11.0. The first-order valence-corrected chi connectivity index (χ1v) is 15.1. The number of fused-ring (bicyclic) bond motifs is 1. The molecule has 3 aromatic carbocycles. The smallest absolute Gasteiger partial charge is 0.256 e. The average molecular weight is 550 g/mol. The zero-order valence-electron chi connectivity index (χ0n) is 24.8. The first-order valence-electron chi connectivity index (χ1n) is 15.1. The molecule has 0 saturated carbocycles. The van der Waals surface area contributed by atoms with Crippen molar-refractivity contribution in [2.24, 2.45) is 0 Å². The Morgan fingerprint density at radius 2 is 1.32 bits per heavy atom. The highest BCUT2D eigenvalue weighted by molar-refractivity contribution is 6.13. The van der Waals surface area contributed by atoms with E-state index < -0.39 is 0 Å². The molecule has 214 valence electrons. The second-order valence-electron chi connectivity index (χ2n) is 11.1. The Morgan fingerprint density at radius 3 is 2.02 bits per heavy atom. The number of hydrogen-bond donors (Lipinski definition) is 2. The van der Waals surface area contributed by atoms with Gasteiger partial charge in [0.15, 0.2) is 0 Å². The number of nitrogens with one attached hydrogen (secondary N) is 2. The summed E-state index contributed by atoms with van der Waals surface area (Å²) in [7, 11) is 0. The molecule has 4 aromatic rings. The van der Waals surface area contributed by atoms with Crippen LogP contribution in [0, 0.1) is 13.8 Å². The number of hydrogen-bond acceptors (Lipinski definition) is 3. The first kappa shape index (κ1) is 30.0. The van der Waals surface area contributed by atoms with Crippen LogP contribution in [0.4, 0.5) is 11.4 Å². The third-order valence-electron chi connectivity index (χ3n) is 7.47. The van der Waals surface area contributed by atoms with E-state index >= 15 is 0 Å². The minimum Gasteiger partial charge on any atom is -0.326 e. The molecule has 0 atom stereocenters. The molecule has 5 heteroatoms. The molecule has 0 fully saturated rings. The van der Waals surface area contributed by atoms with Crippen LogP contribution >= 0.6 is 0 Å². The molecule has 0 radical (unpaired) electrons. The van der Waals surface area contributed by atoms with Crippen molar-refractivity contribution in [3.8, 4) is 11.3 Å². The molecule has 2 N–H and O–H groups in total. The number of rotatable bonds is 14. The Hall–Kier alpha value is -3.99. The molecular formula is C36H43N3O2. The van der Waals surface area contributed by atoms with E-state index in [-0.39, 0.29) is 11.8 Å². The Morgan fingerprint density at radius 1 is 0.683 bits per heavy atom. The Labute approximate surface area is 244 Å². The highest BCUT2D eigenvalue weighted by Gasteiger charge is 2.15. The highest BCUT2D eigenvalue weighted by atomic mass is 16.2. The standard InChI is InChI=1S/C36H43N3O2/c1-4-5-6-7-8-9-10-11-12-16-35(40)37-29-14-13-15-30(24-29)38-36(41)32-25-34(28-20-17-26(2)18-21-28)39-33-22-19-27(3)23-31(32)33/h13-15,17-25H,4-12,16H2,1-3H3,(H,37,40)(H,38,41). The van der Waals surface area contributed by atoms with Gasteiger partial charge >= 0.3 is 0 Å². The summed E-state index contributed by atoms with van der Waals surface area (Å²) in [5.41, 5.74) is 6.60. The van der Waals surface area contributed by atoms with Crippen LogP contribution in [0.3, 0.4) is 0 Å². The Balaban J connectivity index is 1.38. The highest BCUT2D eigenvalue weighted by Crippen LogP contribution is 2.27. The molecular weight excluding hydrogens is 506 g/mol. The third-order valence-corrected chi connectivity index (χ3v) is 7.47. The number of nitrogens with zero attached hydrogens (tertiary/aromatic N) is 1. The summed E-state index contributed by atoms with van der Waals surface area (Å²) < 4.78 is 0. The largest absolute Gasteiger partial charge is 0.326 e. The number of carbonyl (C=O) groups excluding carboxylic acids is 2. The van der Waals surface area contributed by atoms with Gasteiger partial charge in [-0.2, -0.15) is 0 Å². The van der Waals surface area contributed by atoms with Gasteiger partial charge in [-0.3, -0.25) is 9.59 Å². The van der Waals surface area contributed by atoms with Crippen LogP contribution in [0.25, 0.3) is 22.2 Å². The number of benzene rings is 3. The lowest BCUT2D eigenvalue weighted by Crippen LogP contribution is -2.14. The van der Waals surface area contributed by atoms with E-state index in [0.717, 1.165) is 40.6 Å². The second kappa shape index (κ2) is 15.1. The van der Waals surface area contributed by atoms with Crippen molar-refractivity contribution in [1.82, 2.24) is 4.98 Å². The second-order valence-corrected chi connectivity index (χ2v) is 11.1. The fourth-order valence-electron chi connectivity index (χ4n) is 5.09. The first-order chi connectivity index (χ1) is 19.9. The number of aryl methyl sites for hydroxylation is 2. The van der Waals surface area contributed by atoms with E-state index in [1.165, 1.54) is 50.5 Å². The predicted molar refractivity (Wildman–Crippen MR) is 172 cm³/mol. The summed E-state index contributed by atoms with van der Waals surface area (Å²) in [6.45, 7) is 6.30. The van der Waals surface area contributed by atoms with Crippen molar-refractivity contribution in [2.45, 2.75) is 85.0 Å². The number of aromatic nitrogens is 1. The van der Waals surface area contributed by atoms with E-state index in [0.29, 0.717) is 23.4 Å². The lowest BCUT2D eigenvalue weighted by atomic mass is 10.0. The zero-order chi connectivity index (χ0) is 29.0. The van der Waals surface area contributed by atoms with Crippen molar-refractivity contribution >= 4 is 34.1 Å². The molecule has 1 heterocycles. The molecule has 5 nitrogen and oxygen atoms in total. The van der Waals surface area contributed by atoms with Crippen molar-refractivity contribution in [1.29, 1.82) is 0 Å². The molecule has 0 saturated heterocycles. The summed E-state index contributed by atoms with van der Waals surface area (Å²) in [6.07, 6.45) is 11.5. The molecule has 0 aliphatic heterocycles. The lowest BCUT2D eigenvalue weighted by molar-refractivity contribution is -0.116. The van der Waals surface area contributed by atoms with Crippen molar-refractivity contribution in [2.75, 3.05) is 10.6 Å². The quantitative estimate of drug-likeness (QED) is 0.154. The van der Waals surface area contributed by atoms with Gasteiger partial charge in [0.05, 0.1) is 16.8 Å². The van der Waals surface area contributed by atoms with E-state index in [1.807, 2.05) is 86.6 Å². The van der Waals surface area contributed by atoms with E-state index in [2.05, 4.69) is 17.6 Å².